The van der Waals surface area contributed by atoms with Gasteiger partial charge >= 0.3 is 0 Å². The standard InChI is InChI=1S/C15H11ClF2N2O/c16-11-5-9(7-19)1-4-14(11)20-8-15(21)10-2-3-12(17)13(18)6-10/h1-6,15,20-21H,8H2. The van der Waals surface area contributed by atoms with E-state index < -0.39 is 17.7 Å². The van der Waals surface area contributed by atoms with Crippen molar-refractivity contribution in [2.24, 2.45) is 0 Å². The van der Waals surface area contributed by atoms with E-state index in [1.54, 1.807) is 12.1 Å². The summed E-state index contributed by atoms with van der Waals surface area (Å²) in [5.74, 6) is -1.97. The highest BCUT2D eigenvalue weighted by atomic mass is 35.5. The molecule has 2 N–H and O–H groups in total. The molecule has 0 aliphatic carbocycles. The molecule has 3 nitrogen and oxygen atoms in total. The van der Waals surface area contributed by atoms with Gasteiger partial charge in [0.15, 0.2) is 11.6 Å². The van der Waals surface area contributed by atoms with Gasteiger partial charge in [0, 0.05) is 6.54 Å². The summed E-state index contributed by atoms with van der Waals surface area (Å²) in [6.45, 7) is 0.0662. The number of hydrogen-bond acceptors (Lipinski definition) is 3. The van der Waals surface area contributed by atoms with Crippen LogP contribution in [0, 0.1) is 23.0 Å². The molecule has 0 aromatic heterocycles. The molecule has 108 valence electrons. The van der Waals surface area contributed by atoms with E-state index in [1.807, 2.05) is 6.07 Å². The van der Waals surface area contributed by atoms with Crippen molar-refractivity contribution in [1.82, 2.24) is 0 Å². The minimum Gasteiger partial charge on any atom is -0.387 e. The normalized spacial score (nSPS) is 11.8. The van der Waals surface area contributed by atoms with E-state index in [1.165, 1.54) is 12.1 Å². The van der Waals surface area contributed by atoms with Crippen LogP contribution in [-0.4, -0.2) is 11.7 Å². The Bertz CT molecular complexity index is 701. The Hall–Kier alpha value is -2.16. The van der Waals surface area contributed by atoms with Gasteiger partial charge in [0.05, 0.1) is 28.4 Å². The van der Waals surface area contributed by atoms with E-state index in [4.69, 9.17) is 16.9 Å². The smallest absolute Gasteiger partial charge is 0.159 e. The van der Waals surface area contributed by atoms with E-state index in [2.05, 4.69) is 5.32 Å². The Morgan fingerprint density at radius 2 is 1.95 bits per heavy atom. The quantitative estimate of drug-likeness (QED) is 0.906. The molecule has 0 aliphatic rings. The summed E-state index contributed by atoms with van der Waals surface area (Å²) in [5, 5.41) is 21.9. The molecule has 1 atom stereocenters. The average Bonchev–Trinajstić information content (AvgIpc) is 2.48. The van der Waals surface area contributed by atoms with Crippen LogP contribution in [0.15, 0.2) is 36.4 Å². The second kappa shape index (κ2) is 6.53. The predicted octanol–water partition coefficient (Wildman–Crippen LogP) is 3.64. The Balaban J connectivity index is 2.05. The van der Waals surface area contributed by atoms with Gasteiger partial charge in [-0.15, -0.1) is 0 Å². The lowest BCUT2D eigenvalue weighted by Gasteiger charge is -2.14. The third-order valence-electron chi connectivity index (χ3n) is 2.91. The first-order valence-corrected chi connectivity index (χ1v) is 6.45. The molecule has 1 unspecified atom stereocenters. The van der Waals surface area contributed by atoms with Crippen molar-refractivity contribution in [3.05, 3.63) is 64.2 Å². The molecule has 0 heterocycles. The van der Waals surface area contributed by atoms with E-state index in [9.17, 15) is 13.9 Å². The number of benzene rings is 2. The van der Waals surface area contributed by atoms with Gasteiger partial charge < -0.3 is 10.4 Å². The number of halogens is 3. The Morgan fingerprint density at radius 1 is 1.19 bits per heavy atom. The van der Waals surface area contributed by atoms with Crippen molar-refractivity contribution >= 4 is 17.3 Å². The van der Waals surface area contributed by atoms with Gasteiger partial charge in [-0.25, -0.2) is 8.78 Å². The molecular formula is C15H11ClF2N2O. The number of anilines is 1. The Kier molecular flexibility index (Phi) is 4.73. The second-order valence-electron chi connectivity index (χ2n) is 4.38. The minimum atomic E-state index is -1.02. The fourth-order valence-corrected chi connectivity index (χ4v) is 2.02. The fourth-order valence-electron chi connectivity index (χ4n) is 1.77. The summed E-state index contributed by atoms with van der Waals surface area (Å²) in [5.41, 5.74) is 1.22. The zero-order chi connectivity index (χ0) is 15.4. The summed E-state index contributed by atoms with van der Waals surface area (Å²) in [4.78, 5) is 0. The molecule has 0 saturated carbocycles. The molecule has 2 rings (SSSR count). The SMILES string of the molecule is N#Cc1ccc(NCC(O)c2ccc(F)c(F)c2)c(Cl)c1. The number of nitrogens with zero attached hydrogens (tertiary/aromatic N) is 1. The van der Waals surface area contributed by atoms with Gasteiger partial charge in [0.1, 0.15) is 0 Å². The summed E-state index contributed by atoms with van der Waals surface area (Å²) >= 11 is 5.98. The highest BCUT2D eigenvalue weighted by Gasteiger charge is 2.11. The third-order valence-corrected chi connectivity index (χ3v) is 3.23. The van der Waals surface area contributed by atoms with E-state index in [0.717, 1.165) is 12.1 Å². The maximum atomic E-state index is 13.1. The van der Waals surface area contributed by atoms with Gasteiger partial charge in [-0.3, -0.25) is 0 Å². The first-order valence-electron chi connectivity index (χ1n) is 6.08. The molecule has 0 amide bonds. The van der Waals surface area contributed by atoms with Crippen LogP contribution in [-0.2, 0) is 0 Å². The molecule has 2 aromatic rings. The lowest BCUT2D eigenvalue weighted by Crippen LogP contribution is -2.12. The van der Waals surface area contributed by atoms with Crippen molar-refractivity contribution in [3.8, 4) is 6.07 Å². The zero-order valence-electron chi connectivity index (χ0n) is 10.8. The topological polar surface area (TPSA) is 56.0 Å². The number of hydrogen-bond donors (Lipinski definition) is 2. The van der Waals surface area contributed by atoms with Gasteiger partial charge in [-0.05, 0) is 35.9 Å². The summed E-state index contributed by atoms with van der Waals surface area (Å²) in [6.07, 6.45) is -1.02. The summed E-state index contributed by atoms with van der Waals surface area (Å²) < 4.78 is 25.9. The first-order chi connectivity index (χ1) is 10.0. The van der Waals surface area contributed by atoms with Crippen molar-refractivity contribution in [1.29, 1.82) is 5.26 Å². The minimum absolute atomic E-state index is 0.0662. The van der Waals surface area contributed by atoms with E-state index in [-0.39, 0.29) is 12.1 Å². The molecule has 0 bridgehead atoms. The summed E-state index contributed by atoms with van der Waals surface area (Å²) in [6, 6.07) is 9.86. The fraction of sp³-hybridized carbons (Fsp3) is 0.133. The molecule has 0 spiro atoms. The van der Waals surface area contributed by atoms with E-state index >= 15 is 0 Å². The average molecular weight is 309 g/mol. The second-order valence-corrected chi connectivity index (χ2v) is 4.78. The number of rotatable bonds is 4. The Labute approximate surface area is 125 Å². The van der Waals surface area contributed by atoms with Gasteiger partial charge in [0.25, 0.3) is 0 Å². The highest BCUT2D eigenvalue weighted by molar-refractivity contribution is 6.33. The largest absolute Gasteiger partial charge is 0.387 e. The predicted molar refractivity (Wildman–Crippen MR) is 76.0 cm³/mol. The van der Waals surface area contributed by atoms with Crippen molar-refractivity contribution in [3.63, 3.8) is 0 Å². The molecular weight excluding hydrogens is 298 g/mol. The van der Waals surface area contributed by atoms with Crippen LogP contribution in [0.4, 0.5) is 14.5 Å². The van der Waals surface area contributed by atoms with Crippen LogP contribution < -0.4 is 5.32 Å². The lowest BCUT2D eigenvalue weighted by atomic mass is 10.1. The number of nitrogens with one attached hydrogen (secondary N) is 1. The number of aliphatic hydroxyl groups excluding tert-OH is 1. The van der Waals surface area contributed by atoms with Crippen LogP contribution >= 0.6 is 11.6 Å². The third kappa shape index (κ3) is 3.69. The Morgan fingerprint density at radius 3 is 2.57 bits per heavy atom. The maximum Gasteiger partial charge on any atom is 0.159 e. The van der Waals surface area contributed by atoms with Crippen molar-refractivity contribution < 1.29 is 13.9 Å². The molecule has 6 heteroatoms. The molecule has 21 heavy (non-hydrogen) atoms. The first kappa shape index (κ1) is 15.2. The number of aliphatic hydroxyl groups is 1. The van der Waals surface area contributed by atoms with Crippen LogP contribution in [0.1, 0.15) is 17.2 Å². The maximum absolute atomic E-state index is 13.1. The highest BCUT2D eigenvalue weighted by Crippen LogP contribution is 2.24. The van der Waals surface area contributed by atoms with Crippen LogP contribution in [0.5, 0.6) is 0 Å². The van der Waals surface area contributed by atoms with Gasteiger partial charge in [-0.2, -0.15) is 5.26 Å². The molecule has 2 aromatic carbocycles. The monoisotopic (exact) mass is 308 g/mol. The lowest BCUT2D eigenvalue weighted by molar-refractivity contribution is 0.191. The van der Waals surface area contributed by atoms with Crippen LogP contribution in [0.2, 0.25) is 5.02 Å². The number of nitriles is 1. The van der Waals surface area contributed by atoms with Crippen molar-refractivity contribution in [2.45, 2.75) is 6.10 Å². The van der Waals surface area contributed by atoms with Crippen LogP contribution in [0.25, 0.3) is 0 Å². The molecule has 0 saturated heterocycles. The zero-order valence-corrected chi connectivity index (χ0v) is 11.5. The summed E-state index contributed by atoms with van der Waals surface area (Å²) in [7, 11) is 0. The van der Waals surface area contributed by atoms with Gasteiger partial charge in [0.2, 0.25) is 0 Å². The molecule has 0 fully saturated rings. The molecule has 0 radical (unpaired) electrons. The van der Waals surface area contributed by atoms with Crippen molar-refractivity contribution in [2.75, 3.05) is 11.9 Å². The van der Waals surface area contributed by atoms with Crippen LogP contribution in [0.3, 0.4) is 0 Å². The van der Waals surface area contributed by atoms with Gasteiger partial charge in [-0.1, -0.05) is 17.7 Å². The van der Waals surface area contributed by atoms with E-state index in [0.29, 0.717) is 16.3 Å². The molecule has 0 aliphatic heterocycles.